The molecule has 0 saturated carbocycles. The van der Waals surface area contributed by atoms with Crippen LogP contribution in [0.3, 0.4) is 0 Å². The van der Waals surface area contributed by atoms with E-state index in [1.165, 1.54) is 5.56 Å². The molecular weight excluding hydrogens is 304 g/mol. The Hall–Kier alpha value is -2.37. The van der Waals surface area contributed by atoms with Crippen LogP contribution in [0.25, 0.3) is 10.4 Å². The van der Waals surface area contributed by atoms with Gasteiger partial charge in [-0.15, -0.1) is 0 Å². The molecule has 2 aromatic rings. The zero-order chi connectivity index (χ0) is 17.1. The highest BCUT2D eigenvalue weighted by Gasteiger charge is 2.29. The molecule has 4 N–H and O–H groups in total. The summed E-state index contributed by atoms with van der Waals surface area (Å²) in [6, 6.07) is 15.0. The topological polar surface area (TPSA) is 115 Å². The minimum Gasteiger partial charge on any atom is -0.388 e. The summed E-state index contributed by atoms with van der Waals surface area (Å²) in [5.74, 6) is 0. The van der Waals surface area contributed by atoms with Gasteiger partial charge in [0.1, 0.15) is 0 Å². The van der Waals surface area contributed by atoms with Crippen LogP contribution in [0.4, 0.5) is 0 Å². The second-order valence-electron chi connectivity index (χ2n) is 6.13. The van der Waals surface area contributed by atoms with Crippen LogP contribution in [0.2, 0.25) is 0 Å². The van der Waals surface area contributed by atoms with Gasteiger partial charge in [-0.1, -0.05) is 53.6 Å². The molecule has 2 aliphatic carbocycles. The standard InChI is InChI=1S/C9H9N3O.C9H11NO/c10-12-11-8-5-6-3-1-2-4-7(6)9(8)13;10-8-5-6-3-1-2-4-7(6)9(8)11/h1-4,8-9,13H,5H2;1-4,8-9,11H,5,10H2. The third-order valence-electron chi connectivity index (χ3n) is 4.60. The Balaban J connectivity index is 0.000000143. The van der Waals surface area contributed by atoms with Crippen molar-refractivity contribution in [3.05, 3.63) is 81.2 Å². The maximum absolute atomic E-state index is 9.71. The molecular formula is C18H20N4O2. The fraction of sp³-hybridized carbons (Fsp3) is 0.333. The van der Waals surface area contributed by atoms with Crippen molar-refractivity contribution in [1.82, 2.24) is 0 Å². The van der Waals surface area contributed by atoms with E-state index in [-0.39, 0.29) is 12.1 Å². The van der Waals surface area contributed by atoms with E-state index in [0.29, 0.717) is 6.42 Å². The van der Waals surface area contributed by atoms with Crippen molar-refractivity contribution in [2.45, 2.75) is 37.1 Å². The molecule has 0 aromatic heterocycles. The third kappa shape index (κ3) is 3.13. The van der Waals surface area contributed by atoms with Crippen LogP contribution in [-0.2, 0) is 12.8 Å². The lowest BCUT2D eigenvalue weighted by Crippen LogP contribution is -2.24. The second-order valence-corrected chi connectivity index (χ2v) is 6.13. The summed E-state index contributed by atoms with van der Waals surface area (Å²) in [5.41, 5.74) is 18.1. The highest BCUT2D eigenvalue weighted by atomic mass is 16.3. The maximum Gasteiger partial charge on any atom is 0.0946 e. The van der Waals surface area contributed by atoms with Crippen molar-refractivity contribution < 1.29 is 10.2 Å². The van der Waals surface area contributed by atoms with E-state index in [0.717, 1.165) is 23.1 Å². The van der Waals surface area contributed by atoms with Crippen molar-refractivity contribution in [1.29, 1.82) is 0 Å². The number of hydrogen-bond donors (Lipinski definition) is 3. The van der Waals surface area contributed by atoms with E-state index in [1.54, 1.807) is 0 Å². The first-order chi connectivity index (χ1) is 11.6. The number of nitrogens with two attached hydrogens (primary N) is 1. The van der Waals surface area contributed by atoms with E-state index in [9.17, 15) is 10.2 Å². The highest BCUT2D eigenvalue weighted by Crippen LogP contribution is 2.33. The van der Waals surface area contributed by atoms with Gasteiger partial charge < -0.3 is 15.9 Å². The van der Waals surface area contributed by atoms with Gasteiger partial charge in [-0.3, -0.25) is 0 Å². The minimum absolute atomic E-state index is 0.104. The van der Waals surface area contributed by atoms with Crippen LogP contribution >= 0.6 is 0 Å². The Morgan fingerprint density at radius 2 is 1.46 bits per heavy atom. The van der Waals surface area contributed by atoms with Gasteiger partial charge >= 0.3 is 0 Å². The summed E-state index contributed by atoms with van der Waals surface area (Å²) in [6.45, 7) is 0. The van der Waals surface area contributed by atoms with Gasteiger partial charge in [-0.2, -0.15) is 0 Å². The van der Waals surface area contributed by atoms with Crippen LogP contribution in [0.1, 0.15) is 34.5 Å². The molecule has 2 aromatic carbocycles. The number of fused-ring (bicyclic) bond motifs is 2. The van der Waals surface area contributed by atoms with Gasteiger partial charge in [0, 0.05) is 11.0 Å². The summed E-state index contributed by atoms with van der Waals surface area (Å²) in [5, 5.41) is 22.8. The first-order valence-electron chi connectivity index (χ1n) is 7.93. The average molecular weight is 324 g/mol. The summed E-state index contributed by atoms with van der Waals surface area (Å²) in [6.07, 6.45) is 0.358. The quantitative estimate of drug-likeness (QED) is 0.425. The lowest BCUT2D eigenvalue weighted by atomic mass is 10.1. The summed E-state index contributed by atoms with van der Waals surface area (Å²) < 4.78 is 0. The predicted molar refractivity (Wildman–Crippen MR) is 91.1 cm³/mol. The molecule has 0 spiro atoms. The van der Waals surface area contributed by atoms with E-state index in [2.05, 4.69) is 10.0 Å². The number of nitrogens with zero attached hydrogens (tertiary/aromatic N) is 3. The molecule has 4 atom stereocenters. The maximum atomic E-state index is 9.71. The summed E-state index contributed by atoms with van der Waals surface area (Å²) in [7, 11) is 0. The van der Waals surface area contributed by atoms with E-state index >= 15 is 0 Å². The number of azide groups is 1. The van der Waals surface area contributed by atoms with Crippen molar-refractivity contribution in [3.63, 3.8) is 0 Å². The van der Waals surface area contributed by atoms with E-state index in [1.807, 2.05) is 48.5 Å². The molecule has 0 amide bonds. The molecule has 6 heteroatoms. The van der Waals surface area contributed by atoms with Crippen LogP contribution < -0.4 is 5.73 Å². The van der Waals surface area contributed by atoms with E-state index in [4.69, 9.17) is 11.3 Å². The predicted octanol–water partition coefficient (Wildman–Crippen LogP) is 2.56. The van der Waals surface area contributed by atoms with Crippen LogP contribution in [0.15, 0.2) is 53.6 Å². The van der Waals surface area contributed by atoms with Gasteiger partial charge in [0.05, 0.1) is 18.2 Å². The van der Waals surface area contributed by atoms with Gasteiger partial charge in [0.2, 0.25) is 0 Å². The smallest absolute Gasteiger partial charge is 0.0946 e. The van der Waals surface area contributed by atoms with Crippen molar-refractivity contribution >= 4 is 0 Å². The molecule has 6 nitrogen and oxygen atoms in total. The van der Waals surface area contributed by atoms with Crippen LogP contribution in [0, 0.1) is 0 Å². The Morgan fingerprint density at radius 3 is 2.00 bits per heavy atom. The normalized spacial score (nSPS) is 26.6. The Labute approximate surface area is 140 Å². The fourth-order valence-electron chi connectivity index (χ4n) is 3.33. The number of benzene rings is 2. The number of rotatable bonds is 1. The number of hydrogen-bond acceptors (Lipinski definition) is 4. The zero-order valence-electron chi connectivity index (χ0n) is 13.2. The molecule has 0 bridgehead atoms. The molecule has 124 valence electrons. The summed E-state index contributed by atoms with van der Waals surface area (Å²) >= 11 is 0. The second kappa shape index (κ2) is 7.03. The molecule has 0 fully saturated rings. The van der Waals surface area contributed by atoms with Crippen molar-refractivity contribution in [2.75, 3.05) is 0 Å². The number of aliphatic hydroxyl groups excluding tert-OH is 2. The van der Waals surface area contributed by atoms with E-state index < -0.39 is 12.2 Å². The first kappa shape index (κ1) is 16.5. The van der Waals surface area contributed by atoms with Crippen molar-refractivity contribution in [2.24, 2.45) is 10.8 Å². The molecule has 2 aliphatic rings. The number of aliphatic hydroxyl groups is 2. The van der Waals surface area contributed by atoms with Crippen LogP contribution in [-0.4, -0.2) is 22.3 Å². The molecule has 0 saturated heterocycles. The van der Waals surface area contributed by atoms with Gasteiger partial charge in [-0.25, -0.2) is 0 Å². The largest absolute Gasteiger partial charge is 0.388 e. The first-order valence-corrected chi connectivity index (χ1v) is 7.93. The zero-order valence-corrected chi connectivity index (χ0v) is 13.2. The van der Waals surface area contributed by atoms with Gasteiger partial charge in [0.25, 0.3) is 0 Å². The Kier molecular flexibility index (Phi) is 4.83. The highest BCUT2D eigenvalue weighted by molar-refractivity contribution is 5.36. The fourth-order valence-corrected chi connectivity index (χ4v) is 3.33. The van der Waals surface area contributed by atoms with Crippen molar-refractivity contribution in [3.8, 4) is 0 Å². The molecule has 0 heterocycles. The average Bonchev–Trinajstić information content (AvgIpc) is 3.07. The molecule has 0 aliphatic heterocycles. The van der Waals surface area contributed by atoms with Gasteiger partial charge in [-0.05, 0) is 40.6 Å². The lowest BCUT2D eigenvalue weighted by Gasteiger charge is -2.07. The molecule has 0 radical (unpaired) electrons. The molecule has 24 heavy (non-hydrogen) atoms. The Bertz CT molecular complexity index is 773. The Morgan fingerprint density at radius 1 is 0.917 bits per heavy atom. The molecule has 4 unspecified atom stereocenters. The third-order valence-corrected chi connectivity index (χ3v) is 4.60. The SMILES string of the molecule is NC1Cc2ccccc2C1O.[N-]=[N+]=NC1Cc2ccccc2C1O. The summed E-state index contributed by atoms with van der Waals surface area (Å²) in [4.78, 5) is 2.72. The van der Waals surface area contributed by atoms with Gasteiger partial charge in [0.15, 0.2) is 0 Å². The van der Waals surface area contributed by atoms with Crippen LogP contribution in [0.5, 0.6) is 0 Å². The lowest BCUT2D eigenvalue weighted by molar-refractivity contribution is 0.159. The minimum atomic E-state index is -0.632. The monoisotopic (exact) mass is 324 g/mol. The molecule has 4 rings (SSSR count).